The van der Waals surface area contributed by atoms with Gasteiger partial charge in [-0.2, -0.15) is 0 Å². The summed E-state index contributed by atoms with van der Waals surface area (Å²) >= 11 is 0. The van der Waals surface area contributed by atoms with Crippen LogP contribution in [0.5, 0.6) is 5.75 Å². The highest BCUT2D eigenvalue weighted by Crippen LogP contribution is 2.19. The molecule has 1 fully saturated rings. The number of piperidine rings is 1. The fraction of sp³-hybridized carbons (Fsp3) is 0.667. The topological polar surface area (TPSA) is 35.9 Å². The Hall–Kier alpha value is -1.10. The fourth-order valence-corrected chi connectivity index (χ4v) is 3.14. The molecular weight excluding hydrogens is 276 g/mol. The first-order valence-corrected chi connectivity index (χ1v) is 8.48. The van der Waals surface area contributed by atoms with Crippen molar-refractivity contribution >= 4 is 0 Å². The Labute approximate surface area is 134 Å². The average molecular weight is 306 g/mol. The molecule has 1 saturated heterocycles. The molecule has 22 heavy (non-hydrogen) atoms. The van der Waals surface area contributed by atoms with Crippen molar-refractivity contribution in [3.8, 4) is 5.75 Å². The van der Waals surface area contributed by atoms with E-state index in [1.807, 2.05) is 6.92 Å². The second kappa shape index (κ2) is 9.13. The molecule has 1 aliphatic rings. The van der Waals surface area contributed by atoms with Gasteiger partial charge in [0.2, 0.25) is 0 Å². The SMILES string of the molecule is CCOc1ccc(CN2CCC(N(C)CCCO)CC2)cc1. The van der Waals surface area contributed by atoms with Crippen LogP contribution in [-0.2, 0) is 6.54 Å². The molecule has 0 radical (unpaired) electrons. The molecule has 1 aromatic carbocycles. The molecular formula is C18H30N2O2. The maximum Gasteiger partial charge on any atom is 0.119 e. The van der Waals surface area contributed by atoms with Crippen LogP contribution in [0.4, 0.5) is 0 Å². The van der Waals surface area contributed by atoms with Gasteiger partial charge in [-0.25, -0.2) is 0 Å². The van der Waals surface area contributed by atoms with Gasteiger partial charge < -0.3 is 14.7 Å². The van der Waals surface area contributed by atoms with E-state index in [0.717, 1.165) is 45.0 Å². The third-order valence-corrected chi connectivity index (χ3v) is 4.49. The summed E-state index contributed by atoms with van der Waals surface area (Å²) in [6.07, 6.45) is 3.32. The van der Waals surface area contributed by atoms with E-state index >= 15 is 0 Å². The second-order valence-electron chi connectivity index (χ2n) is 6.14. The van der Waals surface area contributed by atoms with E-state index in [-0.39, 0.29) is 0 Å². The largest absolute Gasteiger partial charge is 0.494 e. The van der Waals surface area contributed by atoms with Gasteiger partial charge in [0, 0.05) is 25.7 Å². The van der Waals surface area contributed by atoms with Gasteiger partial charge in [-0.1, -0.05) is 12.1 Å². The number of benzene rings is 1. The van der Waals surface area contributed by atoms with Gasteiger partial charge >= 0.3 is 0 Å². The van der Waals surface area contributed by atoms with E-state index < -0.39 is 0 Å². The summed E-state index contributed by atoms with van der Waals surface area (Å²) in [6, 6.07) is 9.14. The molecule has 0 bridgehead atoms. The molecule has 0 spiro atoms. The molecule has 0 saturated carbocycles. The zero-order chi connectivity index (χ0) is 15.8. The van der Waals surface area contributed by atoms with Crippen LogP contribution >= 0.6 is 0 Å². The maximum absolute atomic E-state index is 8.93. The summed E-state index contributed by atoms with van der Waals surface area (Å²) < 4.78 is 5.49. The van der Waals surface area contributed by atoms with Crippen LogP contribution in [0.2, 0.25) is 0 Å². The first-order valence-electron chi connectivity index (χ1n) is 8.48. The van der Waals surface area contributed by atoms with Crippen molar-refractivity contribution in [2.24, 2.45) is 0 Å². The van der Waals surface area contributed by atoms with Gasteiger partial charge in [-0.05, 0) is 64.0 Å². The molecule has 1 N–H and O–H groups in total. The molecule has 2 rings (SSSR count). The lowest BCUT2D eigenvalue weighted by Crippen LogP contribution is -2.43. The van der Waals surface area contributed by atoms with Gasteiger partial charge in [0.05, 0.1) is 6.61 Å². The number of rotatable bonds is 8. The highest BCUT2D eigenvalue weighted by Gasteiger charge is 2.22. The second-order valence-corrected chi connectivity index (χ2v) is 6.14. The summed E-state index contributed by atoms with van der Waals surface area (Å²) in [5.41, 5.74) is 1.36. The van der Waals surface area contributed by atoms with Crippen molar-refractivity contribution in [2.75, 3.05) is 39.9 Å². The lowest BCUT2D eigenvalue weighted by Gasteiger charge is -2.36. The van der Waals surface area contributed by atoms with Crippen LogP contribution in [0.15, 0.2) is 24.3 Å². The Kier molecular flexibility index (Phi) is 7.16. The predicted octanol–water partition coefficient (Wildman–Crippen LogP) is 2.36. The summed E-state index contributed by atoms with van der Waals surface area (Å²) in [5.74, 6) is 0.954. The van der Waals surface area contributed by atoms with Gasteiger partial charge in [0.1, 0.15) is 5.75 Å². The molecule has 0 aromatic heterocycles. The van der Waals surface area contributed by atoms with Crippen molar-refractivity contribution in [3.05, 3.63) is 29.8 Å². The van der Waals surface area contributed by atoms with Crippen LogP contribution in [-0.4, -0.2) is 60.8 Å². The lowest BCUT2D eigenvalue weighted by molar-refractivity contribution is 0.117. The van der Waals surface area contributed by atoms with Gasteiger partial charge in [-0.3, -0.25) is 4.90 Å². The first kappa shape index (κ1) is 17.3. The van der Waals surface area contributed by atoms with Crippen molar-refractivity contribution in [1.29, 1.82) is 0 Å². The molecule has 1 aromatic rings. The molecule has 124 valence electrons. The summed E-state index contributed by atoms with van der Waals surface area (Å²) in [4.78, 5) is 4.94. The summed E-state index contributed by atoms with van der Waals surface area (Å²) in [7, 11) is 2.18. The van der Waals surface area contributed by atoms with E-state index in [1.54, 1.807) is 0 Å². The Morgan fingerprint density at radius 3 is 2.50 bits per heavy atom. The molecule has 0 unspecified atom stereocenters. The van der Waals surface area contributed by atoms with Crippen LogP contribution in [0.25, 0.3) is 0 Å². The first-order chi connectivity index (χ1) is 10.7. The monoisotopic (exact) mass is 306 g/mol. The van der Waals surface area contributed by atoms with Crippen LogP contribution in [0.3, 0.4) is 0 Å². The average Bonchev–Trinajstić information content (AvgIpc) is 2.55. The van der Waals surface area contributed by atoms with E-state index in [0.29, 0.717) is 12.6 Å². The minimum Gasteiger partial charge on any atom is -0.494 e. The third kappa shape index (κ3) is 5.27. The van der Waals surface area contributed by atoms with Crippen LogP contribution in [0.1, 0.15) is 31.7 Å². The van der Waals surface area contributed by atoms with E-state index in [9.17, 15) is 0 Å². The standard InChI is InChI=1S/C18H30N2O2/c1-3-22-18-7-5-16(6-8-18)15-20-12-9-17(10-13-20)19(2)11-4-14-21/h5-8,17,21H,3-4,9-15H2,1-2H3. The highest BCUT2D eigenvalue weighted by atomic mass is 16.5. The number of likely N-dealkylation sites (tertiary alicyclic amines) is 1. The van der Waals surface area contributed by atoms with E-state index in [2.05, 4.69) is 41.1 Å². The summed E-state index contributed by atoms with van der Waals surface area (Å²) in [5, 5.41) is 8.93. The van der Waals surface area contributed by atoms with Crippen molar-refractivity contribution in [1.82, 2.24) is 9.80 Å². The molecule has 0 aliphatic carbocycles. The minimum absolute atomic E-state index is 0.293. The number of nitrogens with zero attached hydrogens (tertiary/aromatic N) is 2. The number of aliphatic hydroxyl groups is 1. The van der Waals surface area contributed by atoms with Crippen molar-refractivity contribution in [3.63, 3.8) is 0 Å². The normalized spacial score (nSPS) is 17.1. The number of hydrogen-bond donors (Lipinski definition) is 1. The van der Waals surface area contributed by atoms with Gasteiger partial charge in [0.25, 0.3) is 0 Å². The Morgan fingerprint density at radius 2 is 1.91 bits per heavy atom. The minimum atomic E-state index is 0.293. The Morgan fingerprint density at radius 1 is 1.23 bits per heavy atom. The predicted molar refractivity (Wildman–Crippen MR) is 90.2 cm³/mol. The Bertz CT molecular complexity index is 414. The lowest BCUT2D eigenvalue weighted by atomic mass is 10.0. The highest BCUT2D eigenvalue weighted by molar-refractivity contribution is 5.27. The van der Waals surface area contributed by atoms with Gasteiger partial charge in [-0.15, -0.1) is 0 Å². The Balaban J connectivity index is 1.74. The van der Waals surface area contributed by atoms with E-state index in [4.69, 9.17) is 9.84 Å². The third-order valence-electron chi connectivity index (χ3n) is 4.49. The van der Waals surface area contributed by atoms with Crippen molar-refractivity contribution < 1.29 is 9.84 Å². The molecule has 1 heterocycles. The molecule has 4 nitrogen and oxygen atoms in total. The molecule has 1 aliphatic heterocycles. The summed E-state index contributed by atoms with van der Waals surface area (Å²) in [6.45, 7) is 7.36. The molecule has 4 heteroatoms. The fourth-order valence-electron chi connectivity index (χ4n) is 3.14. The molecule has 0 atom stereocenters. The van der Waals surface area contributed by atoms with Crippen LogP contribution in [0, 0.1) is 0 Å². The zero-order valence-electron chi connectivity index (χ0n) is 14.0. The number of hydrogen-bond acceptors (Lipinski definition) is 4. The van der Waals surface area contributed by atoms with Crippen LogP contribution < -0.4 is 4.74 Å². The van der Waals surface area contributed by atoms with Gasteiger partial charge in [0.15, 0.2) is 0 Å². The smallest absolute Gasteiger partial charge is 0.119 e. The quantitative estimate of drug-likeness (QED) is 0.800. The maximum atomic E-state index is 8.93. The zero-order valence-corrected chi connectivity index (χ0v) is 14.0. The van der Waals surface area contributed by atoms with E-state index in [1.165, 1.54) is 18.4 Å². The van der Waals surface area contributed by atoms with Crippen molar-refractivity contribution in [2.45, 2.75) is 38.8 Å². The molecule has 0 amide bonds. The number of aliphatic hydroxyl groups excluding tert-OH is 1. The number of ether oxygens (including phenoxy) is 1.